The van der Waals surface area contributed by atoms with Gasteiger partial charge in [0, 0.05) is 9.75 Å². The Kier molecular flexibility index (Phi) is 12.1. The van der Waals surface area contributed by atoms with Crippen molar-refractivity contribution < 1.29 is 0 Å². The van der Waals surface area contributed by atoms with E-state index in [2.05, 4.69) is 70.0 Å². The third-order valence-corrected chi connectivity index (χ3v) is 11.6. The molecule has 0 aromatic carbocycles. The van der Waals surface area contributed by atoms with E-state index in [1.165, 1.54) is 108 Å². The van der Waals surface area contributed by atoms with Crippen molar-refractivity contribution in [3.63, 3.8) is 0 Å². The lowest BCUT2D eigenvalue weighted by molar-refractivity contribution is 0.593. The third kappa shape index (κ3) is 8.20. The molecule has 4 heterocycles. The molecule has 0 atom stereocenters. The van der Waals surface area contributed by atoms with E-state index < -0.39 is 0 Å². The summed E-state index contributed by atoms with van der Waals surface area (Å²) in [5.41, 5.74) is 4.66. The molecule has 0 fully saturated rings. The maximum absolute atomic E-state index is 5.41. The van der Waals surface area contributed by atoms with Crippen LogP contribution < -0.4 is 0 Å². The molecule has 0 saturated carbocycles. The first-order valence-electron chi connectivity index (χ1n) is 13.9. The zero-order valence-corrected chi connectivity index (χ0v) is 27.7. The maximum Gasteiger partial charge on any atom is 0.109 e. The molecule has 2 nitrogen and oxygen atoms in total. The average Bonchev–Trinajstić information content (AvgIpc) is 3.61. The standard InChI is InChI=1S/C30H38Br2N2S3/c1-3-5-7-9-11-13-15-21-22(16-14-12-10-8-6-4-2)34-28-27(33-21)29(23-17-19-25(31)35-23)37-30(28)24-18-20-26(32)36-24/h17-20H,3-16H2,1-2H3. The van der Waals surface area contributed by atoms with Crippen molar-refractivity contribution in [3.8, 4) is 19.5 Å². The van der Waals surface area contributed by atoms with Crippen LogP contribution in [-0.4, -0.2) is 9.97 Å². The van der Waals surface area contributed by atoms with Gasteiger partial charge in [0.2, 0.25) is 0 Å². The lowest BCUT2D eigenvalue weighted by Gasteiger charge is -2.10. The normalized spacial score (nSPS) is 11.7. The van der Waals surface area contributed by atoms with Crippen LogP contribution >= 0.6 is 65.9 Å². The van der Waals surface area contributed by atoms with Crippen LogP contribution in [0.2, 0.25) is 0 Å². The molecule has 4 aromatic heterocycles. The molecular weight excluding hydrogens is 644 g/mol. The summed E-state index contributed by atoms with van der Waals surface area (Å²) in [4.78, 5) is 15.9. The molecule has 0 aliphatic rings. The van der Waals surface area contributed by atoms with Gasteiger partial charge in [-0.1, -0.05) is 78.1 Å². The molecule has 37 heavy (non-hydrogen) atoms. The fourth-order valence-electron chi connectivity index (χ4n) is 4.77. The maximum atomic E-state index is 5.41. The topological polar surface area (TPSA) is 25.8 Å². The fraction of sp³-hybridized carbons (Fsp3) is 0.533. The number of thiophene rings is 3. The van der Waals surface area contributed by atoms with Gasteiger partial charge in [-0.05, 0) is 81.8 Å². The number of unbranched alkanes of at least 4 members (excludes halogenated alkanes) is 10. The van der Waals surface area contributed by atoms with E-state index >= 15 is 0 Å². The van der Waals surface area contributed by atoms with Crippen molar-refractivity contribution in [1.29, 1.82) is 0 Å². The molecule has 7 heteroatoms. The Morgan fingerprint density at radius 1 is 0.541 bits per heavy atom. The van der Waals surface area contributed by atoms with Crippen LogP contribution in [0.15, 0.2) is 31.8 Å². The molecule has 0 amide bonds. The van der Waals surface area contributed by atoms with Crippen molar-refractivity contribution in [2.75, 3.05) is 0 Å². The number of hydrogen-bond donors (Lipinski definition) is 0. The highest BCUT2D eigenvalue weighted by molar-refractivity contribution is 9.11. The lowest BCUT2D eigenvalue weighted by atomic mass is 10.0. The first kappa shape index (κ1) is 29.4. The molecule has 0 N–H and O–H groups in total. The minimum Gasteiger partial charge on any atom is -0.248 e. The van der Waals surface area contributed by atoms with Gasteiger partial charge in [-0.15, -0.1) is 34.0 Å². The monoisotopic (exact) mass is 680 g/mol. The van der Waals surface area contributed by atoms with Gasteiger partial charge < -0.3 is 0 Å². The Hall–Kier alpha value is -0.600. The number of rotatable bonds is 16. The summed E-state index contributed by atoms with van der Waals surface area (Å²) in [7, 11) is 0. The molecule has 0 radical (unpaired) electrons. The Morgan fingerprint density at radius 2 is 0.946 bits per heavy atom. The Labute approximate surface area is 251 Å². The highest BCUT2D eigenvalue weighted by Crippen LogP contribution is 2.47. The quantitative estimate of drug-likeness (QED) is 0.110. The van der Waals surface area contributed by atoms with E-state index in [0.717, 1.165) is 31.4 Å². The lowest BCUT2D eigenvalue weighted by Crippen LogP contribution is -2.03. The molecule has 4 rings (SSSR count). The second-order valence-electron chi connectivity index (χ2n) is 9.82. The molecule has 0 aliphatic carbocycles. The van der Waals surface area contributed by atoms with E-state index in [-0.39, 0.29) is 0 Å². The van der Waals surface area contributed by atoms with E-state index in [4.69, 9.17) is 9.97 Å². The number of hydrogen-bond acceptors (Lipinski definition) is 5. The van der Waals surface area contributed by atoms with E-state index in [1.807, 2.05) is 11.3 Å². The van der Waals surface area contributed by atoms with E-state index in [9.17, 15) is 0 Å². The largest absolute Gasteiger partial charge is 0.248 e. The number of aromatic nitrogens is 2. The average molecular weight is 683 g/mol. The third-order valence-electron chi connectivity index (χ3n) is 6.81. The first-order valence-corrected chi connectivity index (χ1v) is 18.0. The summed E-state index contributed by atoms with van der Waals surface area (Å²) < 4.78 is 2.31. The molecule has 0 saturated heterocycles. The van der Waals surface area contributed by atoms with Gasteiger partial charge in [-0.3, -0.25) is 0 Å². The zero-order chi connectivity index (χ0) is 26.0. The van der Waals surface area contributed by atoms with Crippen molar-refractivity contribution in [2.45, 2.75) is 104 Å². The first-order chi connectivity index (χ1) is 18.1. The van der Waals surface area contributed by atoms with E-state index in [1.54, 1.807) is 22.7 Å². The van der Waals surface area contributed by atoms with Crippen LogP contribution in [-0.2, 0) is 12.8 Å². The molecule has 0 bridgehead atoms. The molecule has 0 unspecified atom stereocenters. The zero-order valence-electron chi connectivity index (χ0n) is 22.1. The second-order valence-corrected chi connectivity index (χ2v) is 15.8. The molecule has 0 aliphatic heterocycles. The molecule has 200 valence electrons. The molecule has 0 spiro atoms. The van der Waals surface area contributed by atoms with Crippen LogP contribution in [0.1, 0.15) is 102 Å². The number of fused-ring (bicyclic) bond motifs is 1. The van der Waals surface area contributed by atoms with Crippen molar-refractivity contribution in [2.24, 2.45) is 0 Å². The van der Waals surface area contributed by atoms with Crippen LogP contribution in [0.4, 0.5) is 0 Å². The number of nitrogens with zero attached hydrogens (tertiary/aromatic N) is 2. The van der Waals surface area contributed by atoms with Crippen LogP contribution in [0, 0.1) is 0 Å². The predicted octanol–water partition coefficient (Wildman–Crippen LogP) is 12.5. The Bertz CT molecular complexity index is 1160. The van der Waals surface area contributed by atoms with Gasteiger partial charge in [0.25, 0.3) is 0 Å². The van der Waals surface area contributed by atoms with Gasteiger partial charge in [0.1, 0.15) is 11.0 Å². The van der Waals surface area contributed by atoms with Gasteiger partial charge in [-0.25, -0.2) is 9.97 Å². The van der Waals surface area contributed by atoms with Gasteiger partial charge in [-0.2, -0.15) is 0 Å². The predicted molar refractivity (Wildman–Crippen MR) is 174 cm³/mol. The Morgan fingerprint density at radius 3 is 1.32 bits per heavy atom. The minimum absolute atomic E-state index is 1.05. The summed E-state index contributed by atoms with van der Waals surface area (Å²) >= 11 is 12.8. The van der Waals surface area contributed by atoms with Crippen LogP contribution in [0.5, 0.6) is 0 Å². The van der Waals surface area contributed by atoms with Gasteiger partial charge in [0.05, 0.1) is 28.7 Å². The second kappa shape index (κ2) is 15.3. The summed E-state index contributed by atoms with van der Waals surface area (Å²) in [6.45, 7) is 4.57. The van der Waals surface area contributed by atoms with Gasteiger partial charge >= 0.3 is 0 Å². The highest BCUT2D eigenvalue weighted by Gasteiger charge is 2.22. The molecule has 4 aromatic rings. The van der Waals surface area contributed by atoms with Gasteiger partial charge in [0.15, 0.2) is 0 Å². The summed E-state index contributed by atoms with van der Waals surface area (Å²) in [5, 5.41) is 0. The van der Waals surface area contributed by atoms with Crippen molar-refractivity contribution in [1.82, 2.24) is 9.97 Å². The van der Waals surface area contributed by atoms with Crippen LogP contribution in [0.3, 0.4) is 0 Å². The number of halogens is 2. The number of aryl methyl sites for hydroxylation is 2. The highest BCUT2D eigenvalue weighted by atomic mass is 79.9. The SMILES string of the molecule is CCCCCCCCc1nc2c(-c3ccc(Br)s3)sc(-c3ccc(Br)s3)c2nc1CCCCCCCC. The summed E-state index contributed by atoms with van der Waals surface area (Å²) in [6.07, 6.45) is 17.8. The smallest absolute Gasteiger partial charge is 0.109 e. The molecular formula is C30H38Br2N2S3. The van der Waals surface area contributed by atoms with Crippen molar-refractivity contribution in [3.05, 3.63) is 43.2 Å². The van der Waals surface area contributed by atoms with E-state index in [0.29, 0.717) is 0 Å². The minimum atomic E-state index is 1.05. The Balaban J connectivity index is 1.66. The van der Waals surface area contributed by atoms with Crippen molar-refractivity contribution >= 4 is 76.9 Å². The fourth-order valence-corrected chi connectivity index (χ4v) is 8.95. The summed E-state index contributed by atoms with van der Waals surface area (Å²) in [5.74, 6) is 0. The summed E-state index contributed by atoms with van der Waals surface area (Å²) in [6, 6.07) is 8.72. The van der Waals surface area contributed by atoms with Crippen LogP contribution in [0.25, 0.3) is 30.5 Å².